The van der Waals surface area contributed by atoms with Crippen LogP contribution in [0.4, 0.5) is 0 Å². The maximum absolute atomic E-state index is 12.4. The number of aryl methyl sites for hydroxylation is 1. The first-order valence-corrected chi connectivity index (χ1v) is 9.22. The van der Waals surface area contributed by atoms with Crippen LogP contribution in [0.1, 0.15) is 36.5 Å². The van der Waals surface area contributed by atoms with Crippen molar-refractivity contribution < 1.29 is 9.53 Å². The second-order valence-corrected chi connectivity index (χ2v) is 7.03. The van der Waals surface area contributed by atoms with Gasteiger partial charge in [0.05, 0.1) is 0 Å². The number of hydrogen-bond acceptors (Lipinski definition) is 4. The van der Waals surface area contributed by atoms with E-state index in [0.717, 1.165) is 35.9 Å². The van der Waals surface area contributed by atoms with Gasteiger partial charge in [-0.1, -0.05) is 18.0 Å². The molecule has 2 aromatic rings. The molecule has 1 aromatic carbocycles. The number of aromatic nitrogens is 3. The molecule has 25 heavy (non-hydrogen) atoms. The topological polar surface area (TPSA) is 69.0 Å². The van der Waals surface area contributed by atoms with Crippen molar-refractivity contribution in [2.24, 2.45) is 0 Å². The van der Waals surface area contributed by atoms with Crippen LogP contribution in [-0.4, -0.2) is 33.3 Å². The molecule has 1 aromatic heterocycles. The number of benzene rings is 1. The number of nitrogens with one attached hydrogen (secondary N) is 1. The third-order valence-electron chi connectivity index (χ3n) is 4.82. The van der Waals surface area contributed by atoms with E-state index in [0.29, 0.717) is 24.4 Å². The molecule has 0 saturated carbocycles. The van der Waals surface area contributed by atoms with Crippen molar-refractivity contribution in [3.63, 3.8) is 0 Å². The molecule has 0 aliphatic carbocycles. The number of fused-ring (bicyclic) bond motifs is 2. The number of nitrogens with zero attached hydrogens (tertiary/aromatic N) is 3. The smallest absolute Gasteiger partial charge is 0.261 e. The van der Waals surface area contributed by atoms with Gasteiger partial charge in [-0.3, -0.25) is 4.79 Å². The molecule has 6 nitrogen and oxygen atoms in total. The van der Waals surface area contributed by atoms with Gasteiger partial charge in [-0.2, -0.15) is 0 Å². The Labute approximate surface area is 151 Å². The zero-order valence-electron chi connectivity index (χ0n) is 14.0. The predicted molar refractivity (Wildman–Crippen MR) is 93.9 cm³/mol. The predicted octanol–water partition coefficient (Wildman–Crippen LogP) is 2.32. The van der Waals surface area contributed by atoms with Crippen LogP contribution in [0.2, 0.25) is 5.02 Å². The molecule has 4 rings (SSSR count). The fraction of sp³-hybridized carbons (Fsp3) is 0.500. The first kappa shape index (κ1) is 16.4. The third kappa shape index (κ3) is 3.49. The summed E-state index contributed by atoms with van der Waals surface area (Å²) < 4.78 is 7.93. The molecule has 0 bridgehead atoms. The summed E-state index contributed by atoms with van der Waals surface area (Å²) in [6.45, 7) is 1.52. The number of halogens is 1. The lowest BCUT2D eigenvalue weighted by molar-refractivity contribution is -0.127. The highest BCUT2D eigenvalue weighted by Crippen LogP contribution is 2.31. The Bertz CT molecular complexity index is 789. The Morgan fingerprint density at radius 1 is 1.32 bits per heavy atom. The lowest BCUT2D eigenvalue weighted by Crippen LogP contribution is -2.38. The average Bonchev–Trinajstić information content (AvgIpc) is 3.11. The minimum Gasteiger partial charge on any atom is -0.480 e. The molecular weight excluding hydrogens is 340 g/mol. The first-order valence-electron chi connectivity index (χ1n) is 8.84. The van der Waals surface area contributed by atoms with E-state index in [9.17, 15) is 4.79 Å². The van der Waals surface area contributed by atoms with Crippen molar-refractivity contribution in [3.05, 3.63) is 40.4 Å². The fourth-order valence-electron chi connectivity index (χ4n) is 3.50. The van der Waals surface area contributed by atoms with E-state index in [-0.39, 0.29) is 5.91 Å². The van der Waals surface area contributed by atoms with Crippen LogP contribution in [0, 0.1) is 0 Å². The minimum atomic E-state index is -0.482. The Balaban J connectivity index is 1.31. The molecule has 7 heteroatoms. The molecule has 0 fully saturated rings. The van der Waals surface area contributed by atoms with Crippen LogP contribution in [0.3, 0.4) is 0 Å². The average molecular weight is 361 g/mol. The molecule has 1 unspecified atom stereocenters. The Hall–Kier alpha value is -2.08. The van der Waals surface area contributed by atoms with E-state index in [1.807, 2.05) is 12.1 Å². The molecule has 132 valence electrons. The van der Waals surface area contributed by atoms with Gasteiger partial charge in [-0.05, 0) is 36.6 Å². The number of amides is 1. The third-order valence-corrected chi connectivity index (χ3v) is 5.06. The van der Waals surface area contributed by atoms with Gasteiger partial charge in [-0.25, -0.2) is 0 Å². The van der Waals surface area contributed by atoms with Crippen LogP contribution >= 0.6 is 11.6 Å². The number of carbonyl (C=O) groups excluding carboxylic acids is 1. The standard InChI is InChI=1S/C18H21ClN4O2/c19-13-5-6-14-12(10-13)11-15(25-14)18(24)20-8-7-17-22-21-16-4-2-1-3-9-23(16)17/h5-6,10,15H,1-4,7-9,11H2,(H,20,24). The molecule has 2 aliphatic heterocycles. The lowest BCUT2D eigenvalue weighted by Gasteiger charge is -2.12. The summed E-state index contributed by atoms with van der Waals surface area (Å²) in [6, 6.07) is 5.45. The van der Waals surface area contributed by atoms with Gasteiger partial charge in [0.1, 0.15) is 17.4 Å². The van der Waals surface area contributed by atoms with Gasteiger partial charge < -0.3 is 14.6 Å². The normalized spacial score (nSPS) is 18.8. The van der Waals surface area contributed by atoms with E-state index in [1.165, 1.54) is 19.3 Å². The molecule has 0 spiro atoms. The van der Waals surface area contributed by atoms with Crippen molar-refractivity contribution in [2.45, 2.75) is 51.2 Å². The molecule has 1 atom stereocenters. The Kier molecular flexibility index (Phi) is 4.61. The minimum absolute atomic E-state index is 0.0945. The van der Waals surface area contributed by atoms with E-state index in [4.69, 9.17) is 16.3 Å². The molecular formula is C18H21ClN4O2. The van der Waals surface area contributed by atoms with E-state index < -0.39 is 6.10 Å². The summed E-state index contributed by atoms with van der Waals surface area (Å²) in [5.41, 5.74) is 0.982. The maximum atomic E-state index is 12.4. The largest absolute Gasteiger partial charge is 0.480 e. The SMILES string of the molecule is O=C(NCCc1nnc2n1CCCCC2)C1Cc2cc(Cl)ccc2O1. The van der Waals surface area contributed by atoms with Crippen LogP contribution < -0.4 is 10.1 Å². The summed E-state index contributed by atoms with van der Waals surface area (Å²) in [6.07, 6.45) is 5.34. The van der Waals surface area contributed by atoms with Gasteiger partial charge in [0.15, 0.2) is 6.10 Å². The van der Waals surface area contributed by atoms with Crippen LogP contribution in [0.15, 0.2) is 18.2 Å². The Morgan fingerprint density at radius 3 is 3.16 bits per heavy atom. The van der Waals surface area contributed by atoms with Crippen LogP contribution in [-0.2, 0) is 30.6 Å². The Morgan fingerprint density at radius 2 is 2.24 bits per heavy atom. The van der Waals surface area contributed by atoms with Gasteiger partial charge in [0.2, 0.25) is 0 Å². The van der Waals surface area contributed by atoms with E-state index >= 15 is 0 Å². The van der Waals surface area contributed by atoms with Crippen LogP contribution in [0.25, 0.3) is 0 Å². The first-order chi connectivity index (χ1) is 12.2. The van der Waals surface area contributed by atoms with Crippen molar-refractivity contribution in [2.75, 3.05) is 6.54 Å². The highest BCUT2D eigenvalue weighted by Gasteiger charge is 2.29. The maximum Gasteiger partial charge on any atom is 0.261 e. The van der Waals surface area contributed by atoms with E-state index in [2.05, 4.69) is 20.1 Å². The number of hydrogen-bond donors (Lipinski definition) is 1. The van der Waals surface area contributed by atoms with Crippen molar-refractivity contribution in [3.8, 4) is 5.75 Å². The lowest BCUT2D eigenvalue weighted by atomic mass is 10.1. The second-order valence-electron chi connectivity index (χ2n) is 6.60. The highest BCUT2D eigenvalue weighted by molar-refractivity contribution is 6.30. The molecule has 2 aliphatic rings. The second kappa shape index (κ2) is 7.04. The molecule has 3 heterocycles. The van der Waals surface area contributed by atoms with Gasteiger partial charge in [-0.15, -0.1) is 10.2 Å². The fourth-order valence-corrected chi connectivity index (χ4v) is 3.70. The summed E-state index contributed by atoms with van der Waals surface area (Å²) >= 11 is 5.99. The van der Waals surface area contributed by atoms with Crippen molar-refractivity contribution in [1.29, 1.82) is 0 Å². The highest BCUT2D eigenvalue weighted by atomic mass is 35.5. The number of carbonyl (C=O) groups is 1. The molecule has 1 amide bonds. The molecule has 0 saturated heterocycles. The van der Waals surface area contributed by atoms with Gasteiger partial charge in [0, 0.05) is 37.4 Å². The zero-order valence-corrected chi connectivity index (χ0v) is 14.8. The monoisotopic (exact) mass is 360 g/mol. The van der Waals surface area contributed by atoms with Gasteiger partial charge in [0.25, 0.3) is 5.91 Å². The number of ether oxygens (including phenoxy) is 1. The summed E-state index contributed by atoms with van der Waals surface area (Å²) in [5.74, 6) is 2.68. The van der Waals surface area contributed by atoms with Crippen molar-refractivity contribution >= 4 is 17.5 Å². The van der Waals surface area contributed by atoms with E-state index in [1.54, 1.807) is 6.07 Å². The zero-order chi connectivity index (χ0) is 17.2. The summed E-state index contributed by atoms with van der Waals surface area (Å²) in [4.78, 5) is 12.4. The molecule has 1 N–H and O–H groups in total. The van der Waals surface area contributed by atoms with Crippen LogP contribution in [0.5, 0.6) is 5.75 Å². The summed E-state index contributed by atoms with van der Waals surface area (Å²) in [7, 11) is 0. The summed E-state index contributed by atoms with van der Waals surface area (Å²) in [5, 5.41) is 12.2. The number of rotatable bonds is 4. The van der Waals surface area contributed by atoms with Crippen molar-refractivity contribution in [1.82, 2.24) is 20.1 Å². The quantitative estimate of drug-likeness (QED) is 0.908. The van der Waals surface area contributed by atoms with Gasteiger partial charge >= 0.3 is 0 Å². The molecule has 0 radical (unpaired) electrons.